The van der Waals surface area contributed by atoms with Crippen molar-refractivity contribution in [2.24, 2.45) is 0 Å². The van der Waals surface area contributed by atoms with Gasteiger partial charge in [0.15, 0.2) is 6.61 Å². The summed E-state index contributed by atoms with van der Waals surface area (Å²) < 4.78 is 10.2. The zero-order valence-corrected chi connectivity index (χ0v) is 15.5. The standard InChI is InChI=1S/C18H23NO5S/c1-4-7-15(21)23-10-14(20)19-17-16(18(22)24-11(2)3)12-8-5-6-9-13(12)25-17/h4,7,11H,5-6,8-10H2,1-3H3,(H,19,20). The molecule has 0 unspecified atom stereocenters. The van der Waals surface area contributed by atoms with Gasteiger partial charge in [0.25, 0.3) is 5.91 Å². The van der Waals surface area contributed by atoms with Gasteiger partial charge in [0.1, 0.15) is 5.00 Å². The molecule has 0 atom stereocenters. The lowest BCUT2D eigenvalue weighted by molar-refractivity contribution is -0.142. The van der Waals surface area contributed by atoms with E-state index in [9.17, 15) is 14.4 Å². The highest BCUT2D eigenvalue weighted by molar-refractivity contribution is 7.17. The molecule has 2 rings (SSSR count). The van der Waals surface area contributed by atoms with Crippen LogP contribution in [0.3, 0.4) is 0 Å². The van der Waals surface area contributed by atoms with Gasteiger partial charge in [0.2, 0.25) is 0 Å². The molecule has 7 heteroatoms. The minimum atomic E-state index is -0.581. The maximum Gasteiger partial charge on any atom is 0.341 e. The number of carbonyl (C=O) groups excluding carboxylic acids is 3. The first-order chi connectivity index (χ1) is 11.9. The molecule has 25 heavy (non-hydrogen) atoms. The van der Waals surface area contributed by atoms with Gasteiger partial charge in [-0.25, -0.2) is 9.59 Å². The van der Waals surface area contributed by atoms with E-state index < -0.39 is 24.5 Å². The van der Waals surface area contributed by atoms with Crippen molar-refractivity contribution in [1.29, 1.82) is 0 Å². The second-order valence-corrected chi connectivity index (χ2v) is 7.13. The summed E-state index contributed by atoms with van der Waals surface area (Å²) in [5.74, 6) is -1.48. The fourth-order valence-corrected chi connectivity index (χ4v) is 3.92. The molecule has 0 saturated carbocycles. The van der Waals surface area contributed by atoms with E-state index >= 15 is 0 Å². The Labute approximate surface area is 151 Å². The smallest absolute Gasteiger partial charge is 0.341 e. The van der Waals surface area contributed by atoms with Gasteiger partial charge in [-0.1, -0.05) is 6.08 Å². The van der Waals surface area contributed by atoms with Crippen LogP contribution in [0.25, 0.3) is 0 Å². The number of allylic oxidation sites excluding steroid dienone is 1. The van der Waals surface area contributed by atoms with Crippen molar-refractivity contribution in [2.45, 2.75) is 52.6 Å². The molecule has 136 valence electrons. The lowest BCUT2D eigenvalue weighted by atomic mass is 9.95. The number of rotatable bonds is 6. The first-order valence-corrected chi connectivity index (χ1v) is 9.18. The van der Waals surface area contributed by atoms with Gasteiger partial charge in [0, 0.05) is 11.0 Å². The van der Waals surface area contributed by atoms with Crippen LogP contribution in [0, 0.1) is 0 Å². The van der Waals surface area contributed by atoms with Crippen molar-refractivity contribution in [1.82, 2.24) is 0 Å². The van der Waals surface area contributed by atoms with Crippen LogP contribution in [0.5, 0.6) is 0 Å². The third-order valence-electron chi connectivity index (χ3n) is 3.62. The van der Waals surface area contributed by atoms with Crippen molar-refractivity contribution < 1.29 is 23.9 Å². The number of thiophene rings is 1. The fourth-order valence-electron chi connectivity index (χ4n) is 2.63. The van der Waals surface area contributed by atoms with Gasteiger partial charge in [-0.2, -0.15) is 0 Å². The largest absolute Gasteiger partial charge is 0.459 e. The van der Waals surface area contributed by atoms with Crippen LogP contribution >= 0.6 is 11.3 Å². The van der Waals surface area contributed by atoms with Gasteiger partial charge in [-0.15, -0.1) is 11.3 Å². The molecule has 0 radical (unpaired) electrons. The van der Waals surface area contributed by atoms with Crippen LogP contribution in [0.1, 0.15) is 54.4 Å². The zero-order chi connectivity index (χ0) is 18.4. The summed E-state index contributed by atoms with van der Waals surface area (Å²) in [6, 6.07) is 0. The quantitative estimate of drug-likeness (QED) is 0.618. The number of carbonyl (C=O) groups is 3. The van der Waals surface area contributed by atoms with E-state index in [4.69, 9.17) is 9.47 Å². The van der Waals surface area contributed by atoms with Crippen molar-refractivity contribution >= 4 is 34.2 Å². The third kappa shape index (κ3) is 5.16. The summed E-state index contributed by atoms with van der Waals surface area (Å²) in [6.07, 6.45) is 6.32. The van der Waals surface area contributed by atoms with Gasteiger partial charge < -0.3 is 14.8 Å². The zero-order valence-electron chi connectivity index (χ0n) is 14.7. The molecule has 1 aliphatic rings. The molecule has 1 aliphatic carbocycles. The Kier molecular flexibility index (Phi) is 6.75. The summed E-state index contributed by atoms with van der Waals surface area (Å²) in [5.41, 5.74) is 1.42. The third-order valence-corrected chi connectivity index (χ3v) is 4.83. The van der Waals surface area contributed by atoms with E-state index in [2.05, 4.69) is 5.32 Å². The molecule has 1 aromatic heterocycles. The van der Waals surface area contributed by atoms with Crippen LogP contribution in [-0.4, -0.2) is 30.6 Å². The number of esters is 2. The first kappa shape index (κ1) is 19.2. The molecule has 1 heterocycles. The molecule has 1 aromatic rings. The van der Waals surface area contributed by atoms with E-state index in [0.717, 1.165) is 36.1 Å². The lowest BCUT2D eigenvalue weighted by Gasteiger charge is -2.14. The van der Waals surface area contributed by atoms with Crippen molar-refractivity contribution in [3.63, 3.8) is 0 Å². The molecule has 0 aliphatic heterocycles. The van der Waals surface area contributed by atoms with Gasteiger partial charge >= 0.3 is 11.9 Å². The maximum absolute atomic E-state index is 12.5. The van der Waals surface area contributed by atoms with Crippen LogP contribution in [0.2, 0.25) is 0 Å². The molecular weight excluding hydrogens is 342 g/mol. The lowest BCUT2D eigenvalue weighted by Crippen LogP contribution is -2.22. The predicted molar refractivity (Wildman–Crippen MR) is 95.9 cm³/mol. The Morgan fingerprint density at radius 3 is 2.64 bits per heavy atom. The highest BCUT2D eigenvalue weighted by atomic mass is 32.1. The minimum absolute atomic E-state index is 0.239. The first-order valence-electron chi connectivity index (χ1n) is 8.37. The monoisotopic (exact) mass is 365 g/mol. The molecular formula is C18H23NO5S. The van der Waals surface area contributed by atoms with Crippen molar-refractivity contribution in [2.75, 3.05) is 11.9 Å². The van der Waals surface area contributed by atoms with Gasteiger partial charge in [-0.05, 0) is 52.0 Å². The van der Waals surface area contributed by atoms with Gasteiger partial charge in [0.05, 0.1) is 11.7 Å². The van der Waals surface area contributed by atoms with Crippen molar-refractivity contribution in [3.05, 3.63) is 28.2 Å². The van der Waals surface area contributed by atoms with E-state index in [1.54, 1.807) is 20.8 Å². The molecule has 1 amide bonds. The average molecular weight is 365 g/mol. The van der Waals surface area contributed by atoms with E-state index in [1.807, 2.05) is 0 Å². The molecule has 0 aromatic carbocycles. The molecule has 0 fully saturated rings. The molecule has 6 nitrogen and oxygen atoms in total. The number of ether oxygens (including phenoxy) is 2. The fraction of sp³-hybridized carbons (Fsp3) is 0.500. The summed E-state index contributed by atoms with van der Waals surface area (Å²) in [5, 5.41) is 3.17. The number of hydrogen-bond donors (Lipinski definition) is 1. The summed E-state index contributed by atoms with van der Waals surface area (Å²) in [7, 11) is 0. The van der Waals surface area contributed by atoms with Crippen molar-refractivity contribution in [3.8, 4) is 0 Å². The number of amides is 1. The molecule has 1 N–H and O–H groups in total. The Balaban J connectivity index is 2.16. The minimum Gasteiger partial charge on any atom is -0.459 e. The number of aryl methyl sites for hydroxylation is 1. The Morgan fingerprint density at radius 1 is 1.24 bits per heavy atom. The average Bonchev–Trinajstić information content (AvgIpc) is 2.90. The van der Waals surface area contributed by atoms with E-state index in [0.29, 0.717) is 10.6 Å². The SMILES string of the molecule is CC=CC(=O)OCC(=O)Nc1sc2c(c1C(=O)OC(C)C)CCCC2. The second kappa shape index (κ2) is 8.80. The topological polar surface area (TPSA) is 81.7 Å². The summed E-state index contributed by atoms with van der Waals surface area (Å²) in [6.45, 7) is 4.86. The van der Waals surface area contributed by atoms with Crippen LogP contribution in [0.15, 0.2) is 12.2 Å². The highest BCUT2D eigenvalue weighted by Crippen LogP contribution is 2.38. The van der Waals surface area contributed by atoms with E-state index in [-0.39, 0.29) is 6.10 Å². The number of hydrogen-bond acceptors (Lipinski definition) is 6. The number of anilines is 1. The summed E-state index contributed by atoms with van der Waals surface area (Å²) >= 11 is 1.40. The number of fused-ring (bicyclic) bond motifs is 1. The Morgan fingerprint density at radius 2 is 1.96 bits per heavy atom. The molecule has 0 spiro atoms. The Hall–Kier alpha value is -2.15. The molecule has 0 saturated heterocycles. The van der Waals surface area contributed by atoms with Crippen LogP contribution in [0.4, 0.5) is 5.00 Å². The van der Waals surface area contributed by atoms with Crippen LogP contribution < -0.4 is 5.32 Å². The maximum atomic E-state index is 12.5. The van der Waals surface area contributed by atoms with E-state index in [1.165, 1.54) is 23.5 Å². The number of nitrogens with one attached hydrogen (secondary N) is 1. The Bertz CT molecular complexity index is 690. The second-order valence-electron chi connectivity index (χ2n) is 6.02. The summed E-state index contributed by atoms with van der Waals surface area (Å²) in [4.78, 5) is 37.0. The predicted octanol–water partition coefficient (Wildman–Crippen LogP) is 3.25. The highest BCUT2D eigenvalue weighted by Gasteiger charge is 2.27. The molecule has 0 bridgehead atoms. The van der Waals surface area contributed by atoms with Gasteiger partial charge in [-0.3, -0.25) is 4.79 Å². The van der Waals surface area contributed by atoms with Crippen LogP contribution in [-0.2, 0) is 31.9 Å². The normalized spacial score (nSPS) is 13.6.